The number of likely N-dealkylation sites (tertiary alicyclic amines) is 1. The minimum absolute atomic E-state index is 0.0358. The highest BCUT2D eigenvalue weighted by atomic mass is 35.5. The molecule has 0 radical (unpaired) electrons. The largest absolute Gasteiger partial charge is 0.338 e. The van der Waals surface area contributed by atoms with E-state index in [9.17, 15) is 9.59 Å². The van der Waals surface area contributed by atoms with Crippen LogP contribution in [0, 0.1) is 0 Å². The zero-order valence-electron chi connectivity index (χ0n) is 19.7. The molecule has 0 unspecified atom stereocenters. The quantitative estimate of drug-likeness (QED) is 0.457. The van der Waals surface area contributed by atoms with Crippen LogP contribution in [0.3, 0.4) is 0 Å². The van der Waals surface area contributed by atoms with Crippen molar-refractivity contribution in [3.8, 4) is 11.4 Å². The van der Waals surface area contributed by atoms with Gasteiger partial charge in [-0.15, -0.1) is 0 Å². The second-order valence-corrected chi connectivity index (χ2v) is 9.82. The van der Waals surface area contributed by atoms with E-state index < -0.39 is 0 Å². The number of piperazine rings is 1. The molecule has 182 valence electrons. The van der Waals surface area contributed by atoms with Gasteiger partial charge in [0.2, 0.25) is 0 Å². The number of H-pyrrole nitrogens is 1. The fraction of sp³-hybridized carbons (Fsp3) is 0.250. The SMILES string of the molecule is O=C(c1ccccc1)N1CCN(C2CN(C(=O)c3ccc4nc(-c5ccc(Cl)cc5)[nH]c4c3)C2)CC1. The first kappa shape index (κ1) is 22.8. The summed E-state index contributed by atoms with van der Waals surface area (Å²) in [4.78, 5) is 40.0. The Morgan fingerprint density at radius 1 is 0.806 bits per heavy atom. The number of fused-ring (bicyclic) bond motifs is 1. The lowest BCUT2D eigenvalue weighted by molar-refractivity contribution is 0.00854. The first-order chi connectivity index (χ1) is 17.5. The number of aromatic amines is 1. The van der Waals surface area contributed by atoms with Crippen molar-refractivity contribution < 1.29 is 9.59 Å². The Morgan fingerprint density at radius 3 is 2.22 bits per heavy atom. The van der Waals surface area contributed by atoms with Crippen LogP contribution in [0.5, 0.6) is 0 Å². The monoisotopic (exact) mass is 499 g/mol. The van der Waals surface area contributed by atoms with Crippen LogP contribution in [0.4, 0.5) is 0 Å². The molecule has 0 saturated carbocycles. The number of amides is 2. The molecule has 0 aliphatic carbocycles. The Morgan fingerprint density at radius 2 is 1.50 bits per heavy atom. The third-order valence-corrected chi connectivity index (χ3v) is 7.39. The van der Waals surface area contributed by atoms with Crippen LogP contribution >= 0.6 is 11.6 Å². The summed E-state index contributed by atoms with van der Waals surface area (Å²) in [7, 11) is 0. The van der Waals surface area contributed by atoms with Crippen LogP contribution in [0.2, 0.25) is 5.02 Å². The highest BCUT2D eigenvalue weighted by molar-refractivity contribution is 6.30. The molecule has 8 heteroatoms. The summed E-state index contributed by atoms with van der Waals surface area (Å²) >= 11 is 5.99. The predicted molar refractivity (Wildman–Crippen MR) is 140 cm³/mol. The lowest BCUT2D eigenvalue weighted by atomic mass is 10.0. The van der Waals surface area contributed by atoms with Crippen LogP contribution < -0.4 is 0 Å². The number of carbonyl (C=O) groups is 2. The van der Waals surface area contributed by atoms with Crippen LogP contribution in [-0.4, -0.2) is 81.8 Å². The first-order valence-electron chi connectivity index (χ1n) is 12.2. The maximum atomic E-state index is 13.1. The summed E-state index contributed by atoms with van der Waals surface area (Å²) in [6, 6.07) is 22.9. The van der Waals surface area contributed by atoms with E-state index in [1.807, 2.05) is 82.6 Å². The van der Waals surface area contributed by atoms with Gasteiger partial charge < -0.3 is 14.8 Å². The molecule has 36 heavy (non-hydrogen) atoms. The fourth-order valence-electron chi connectivity index (χ4n) is 4.98. The van der Waals surface area contributed by atoms with Crippen molar-refractivity contribution in [2.45, 2.75) is 6.04 Å². The molecule has 2 saturated heterocycles. The maximum absolute atomic E-state index is 13.1. The minimum Gasteiger partial charge on any atom is -0.338 e. The topological polar surface area (TPSA) is 72.5 Å². The predicted octanol–water partition coefficient (Wildman–Crippen LogP) is 4.17. The van der Waals surface area contributed by atoms with Gasteiger partial charge in [-0.3, -0.25) is 14.5 Å². The van der Waals surface area contributed by atoms with Gasteiger partial charge in [0.15, 0.2) is 0 Å². The number of halogens is 1. The summed E-state index contributed by atoms with van der Waals surface area (Å²) in [5, 5.41) is 0.679. The molecule has 7 nitrogen and oxygen atoms in total. The number of carbonyl (C=O) groups excluding carboxylic acids is 2. The third kappa shape index (κ3) is 4.36. The summed E-state index contributed by atoms with van der Waals surface area (Å²) in [6.45, 7) is 4.51. The van der Waals surface area contributed by atoms with Crippen LogP contribution in [0.1, 0.15) is 20.7 Å². The standard InChI is InChI=1S/C28H26ClN5O2/c29-22-9-6-19(7-10-22)26-30-24-11-8-21(16-25(24)31-26)28(36)34-17-23(18-34)32-12-14-33(15-13-32)27(35)20-4-2-1-3-5-20/h1-11,16,23H,12-15,17-18H2,(H,30,31). The Kier molecular flexibility index (Phi) is 5.95. The highest BCUT2D eigenvalue weighted by Gasteiger charge is 2.37. The Labute approximate surface area is 214 Å². The van der Waals surface area contributed by atoms with E-state index in [-0.39, 0.29) is 11.8 Å². The first-order valence-corrected chi connectivity index (χ1v) is 12.6. The summed E-state index contributed by atoms with van der Waals surface area (Å²) < 4.78 is 0. The molecule has 0 spiro atoms. The van der Waals surface area contributed by atoms with Crippen molar-refractivity contribution >= 4 is 34.4 Å². The minimum atomic E-state index is 0.0358. The molecular formula is C28H26ClN5O2. The summed E-state index contributed by atoms with van der Waals surface area (Å²) in [6.07, 6.45) is 0. The van der Waals surface area contributed by atoms with Crippen LogP contribution in [-0.2, 0) is 0 Å². The van der Waals surface area contributed by atoms with Gasteiger partial charge in [0.25, 0.3) is 11.8 Å². The Bertz CT molecular complexity index is 1410. The molecule has 2 aliphatic heterocycles. The van der Waals surface area contributed by atoms with E-state index in [1.54, 1.807) is 0 Å². The van der Waals surface area contributed by atoms with Crippen molar-refractivity contribution in [3.05, 3.63) is 88.9 Å². The Balaban J connectivity index is 1.05. The van der Waals surface area contributed by atoms with Crippen LogP contribution in [0.25, 0.3) is 22.4 Å². The molecule has 3 heterocycles. The molecular weight excluding hydrogens is 474 g/mol. The van der Waals surface area contributed by atoms with Gasteiger partial charge in [-0.25, -0.2) is 4.98 Å². The molecule has 2 amide bonds. The fourth-order valence-corrected chi connectivity index (χ4v) is 5.10. The molecule has 2 fully saturated rings. The number of imidazole rings is 1. The van der Waals surface area contributed by atoms with Crippen LogP contribution in [0.15, 0.2) is 72.8 Å². The van der Waals surface area contributed by atoms with Gasteiger partial charge >= 0.3 is 0 Å². The number of rotatable bonds is 4. The second-order valence-electron chi connectivity index (χ2n) is 9.38. The van der Waals surface area contributed by atoms with Gasteiger partial charge in [0.05, 0.1) is 11.0 Å². The van der Waals surface area contributed by atoms with E-state index in [4.69, 9.17) is 11.6 Å². The van der Waals surface area contributed by atoms with E-state index in [2.05, 4.69) is 14.9 Å². The van der Waals surface area contributed by atoms with Crippen molar-refractivity contribution in [2.24, 2.45) is 0 Å². The third-order valence-electron chi connectivity index (χ3n) is 7.13. The molecule has 0 bridgehead atoms. The van der Waals surface area contributed by atoms with Crippen molar-refractivity contribution in [1.82, 2.24) is 24.7 Å². The maximum Gasteiger partial charge on any atom is 0.254 e. The van der Waals surface area contributed by atoms with E-state index in [0.717, 1.165) is 41.1 Å². The molecule has 2 aliphatic rings. The zero-order valence-corrected chi connectivity index (χ0v) is 20.5. The number of nitrogens with zero attached hydrogens (tertiary/aromatic N) is 4. The molecule has 1 aromatic heterocycles. The number of hydrogen-bond acceptors (Lipinski definition) is 4. The lowest BCUT2D eigenvalue weighted by Gasteiger charge is -2.48. The Hall–Kier alpha value is -3.68. The van der Waals surface area contributed by atoms with Gasteiger partial charge in [-0.05, 0) is 54.6 Å². The molecule has 1 N–H and O–H groups in total. The number of aromatic nitrogens is 2. The summed E-state index contributed by atoms with van der Waals surface area (Å²) in [5.41, 5.74) is 3.99. The van der Waals surface area contributed by atoms with Crippen molar-refractivity contribution in [1.29, 1.82) is 0 Å². The molecule has 6 rings (SSSR count). The normalized spacial score (nSPS) is 16.8. The van der Waals surface area contributed by atoms with Crippen molar-refractivity contribution in [3.63, 3.8) is 0 Å². The average molecular weight is 500 g/mol. The number of hydrogen-bond donors (Lipinski definition) is 1. The van der Waals surface area contributed by atoms with Gasteiger partial charge in [0, 0.05) is 67.0 Å². The van der Waals surface area contributed by atoms with Gasteiger partial charge in [-0.2, -0.15) is 0 Å². The van der Waals surface area contributed by atoms with E-state index in [1.165, 1.54) is 0 Å². The van der Waals surface area contributed by atoms with Gasteiger partial charge in [-0.1, -0.05) is 29.8 Å². The highest BCUT2D eigenvalue weighted by Crippen LogP contribution is 2.25. The molecule has 3 aromatic carbocycles. The molecule has 4 aromatic rings. The second kappa shape index (κ2) is 9.41. The number of nitrogens with one attached hydrogen (secondary N) is 1. The van der Waals surface area contributed by atoms with Crippen molar-refractivity contribution in [2.75, 3.05) is 39.3 Å². The lowest BCUT2D eigenvalue weighted by Crippen LogP contribution is -2.64. The average Bonchev–Trinajstić information content (AvgIpc) is 3.32. The number of benzene rings is 3. The zero-order chi connectivity index (χ0) is 24.6. The van der Waals surface area contributed by atoms with E-state index >= 15 is 0 Å². The smallest absolute Gasteiger partial charge is 0.254 e. The van der Waals surface area contributed by atoms with E-state index in [0.29, 0.717) is 42.8 Å². The molecule has 0 atom stereocenters. The van der Waals surface area contributed by atoms with Gasteiger partial charge in [0.1, 0.15) is 5.82 Å². The summed E-state index contributed by atoms with van der Waals surface area (Å²) in [5.74, 6) is 0.878.